The van der Waals surface area contributed by atoms with Gasteiger partial charge in [0.2, 0.25) is 5.91 Å². The van der Waals surface area contributed by atoms with E-state index < -0.39 is 5.97 Å². The average molecular weight is 310 g/mol. The van der Waals surface area contributed by atoms with Crippen molar-refractivity contribution in [3.63, 3.8) is 0 Å². The van der Waals surface area contributed by atoms with Crippen LogP contribution in [0, 0.1) is 11.8 Å². The molecule has 1 aromatic heterocycles. The van der Waals surface area contributed by atoms with Crippen molar-refractivity contribution in [2.45, 2.75) is 51.9 Å². The zero-order valence-corrected chi connectivity index (χ0v) is 13.1. The number of aromatic nitrogens is 1. The van der Waals surface area contributed by atoms with Gasteiger partial charge in [-0.2, -0.15) is 0 Å². The number of nitrogens with one attached hydrogen (secondary N) is 1. The Balaban J connectivity index is 1.79. The number of carboxylic acids is 1. The molecule has 1 amide bonds. The fraction of sp³-hybridized carbons (Fsp3) is 0.667. The summed E-state index contributed by atoms with van der Waals surface area (Å²) in [5, 5.41) is 14.0. The number of carboxylic acid groups (broad SMARTS) is 1. The van der Waals surface area contributed by atoms with E-state index >= 15 is 0 Å². The predicted molar refractivity (Wildman–Crippen MR) is 82.4 cm³/mol. The molecule has 21 heavy (non-hydrogen) atoms. The molecule has 1 fully saturated rings. The second kappa shape index (κ2) is 7.54. The Morgan fingerprint density at radius 1 is 1.38 bits per heavy atom. The third-order valence-electron chi connectivity index (χ3n) is 3.99. The molecule has 1 aromatic rings. The maximum atomic E-state index is 12.2. The van der Waals surface area contributed by atoms with Crippen LogP contribution in [-0.4, -0.2) is 22.0 Å². The van der Waals surface area contributed by atoms with E-state index in [2.05, 4.69) is 17.2 Å². The molecule has 1 heterocycles. The highest BCUT2D eigenvalue weighted by Crippen LogP contribution is 2.29. The van der Waals surface area contributed by atoms with Gasteiger partial charge >= 0.3 is 5.97 Å². The number of anilines is 1. The quantitative estimate of drug-likeness (QED) is 0.845. The van der Waals surface area contributed by atoms with Crippen LogP contribution in [0.4, 0.5) is 5.13 Å². The molecule has 5 nitrogen and oxygen atoms in total. The van der Waals surface area contributed by atoms with Gasteiger partial charge in [0.1, 0.15) is 0 Å². The molecule has 0 aliphatic heterocycles. The monoisotopic (exact) mass is 310 g/mol. The van der Waals surface area contributed by atoms with E-state index in [1.807, 2.05) is 5.38 Å². The van der Waals surface area contributed by atoms with E-state index in [9.17, 15) is 9.59 Å². The van der Waals surface area contributed by atoms with Crippen molar-refractivity contribution in [3.8, 4) is 0 Å². The molecule has 0 radical (unpaired) electrons. The van der Waals surface area contributed by atoms with E-state index in [1.54, 1.807) is 0 Å². The van der Waals surface area contributed by atoms with Crippen molar-refractivity contribution >= 4 is 28.3 Å². The summed E-state index contributed by atoms with van der Waals surface area (Å²) < 4.78 is 0. The minimum Gasteiger partial charge on any atom is -0.481 e. The number of amides is 1. The first-order valence-corrected chi connectivity index (χ1v) is 8.39. The second-order valence-electron chi connectivity index (χ2n) is 5.84. The van der Waals surface area contributed by atoms with Crippen LogP contribution >= 0.6 is 11.3 Å². The smallest absolute Gasteiger partial charge is 0.303 e. The number of aryl methyl sites for hydroxylation is 1. The Morgan fingerprint density at radius 3 is 2.76 bits per heavy atom. The van der Waals surface area contributed by atoms with Crippen LogP contribution in [0.5, 0.6) is 0 Å². The lowest BCUT2D eigenvalue weighted by Gasteiger charge is -2.24. The number of aliphatic carboxylic acids is 1. The largest absolute Gasteiger partial charge is 0.481 e. The van der Waals surface area contributed by atoms with Crippen LogP contribution in [0.3, 0.4) is 0 Å². The van der Waals surface area contributed by atoms with Crippen LogP contribution in [0.1, 0.15) is 51.1 Å². The summed E-state index contributed by atoms with van der Waals surface area (Å²) in [5.41, 5.74) is 0.855. The Labute approximate surface area is 128 Å². The standard InChI is InChI=1S/C15H22N2O3S/c1-10-5-7-11(8-6-10)14(20)17-15-16-12(9-21-15)3-2-4-13(18)19/h9-11H,2-8H2,1H3,(H,18,19)(H,16,17,20). The van der Waals surface area contributed by atoms with E-state index in [4.69, 9.17) is 5.11 Å². The highest BCUT2D eigenvalue weighted by atomic mass is 32.1. The molecule has 116 valence electrons. The molecule has 1 aliphatic carbocycles. The lowest BCUT2D eigenvalue weighted by Crippen LogP contribution is -2.26. The third-order valence-corrected chi connectivity index (χ3v) is 4.80. The number of nitrogens with zero attached hydrogens (tertiary/aromatic N) is 1. The highest BCUT2D eigenvalue weighted by Gasteiger charge is 2.24. The summed E-state index contributed by atoms with van der Waals surface area (Å²) in [5.74, 6) is 0.133. The molecule has 1 saturated carbocycles. The number of hydrogen-bond donors (Lipinski definition) is 2. The molecule has 0 saturated heterocycles. The second-order valence-corrected chi connectivity index (χ2v) is 6.70. The molecule has 2 N–H and O–H groups in total. The predicted octanol–water partition coefficient (Wildman–Crippen LogP) is 3.32. The molecule has 6 heteroatoms. The van der Waals surface area contributed by atoms with Gasteiger partial charge in [-0.05, 0) is 44.4 Å². The molecular weight excluding hydrogens is 288 g/mol. The normalized spacial score (nSPS) is 22.0. The van der Waals surface area contributed by atoms with Gasteiger partial charge in [-0.25, -0.2) is 4.98 Å². The number of carbonyl (C=O) groups is 2. The summed E-state index contributed by atoms with van der Waals surface area (Å²) in [6.07, 6.45) is 5.53. The van der Waals surface area contributed by atoms with Crippen LogP contribution in [0.2, 0.25) is 0 Å². The maximum absolute atomic E-state index is 12.2. The number of rotatable bonds is 6. The summed E-state index contributed by atoms with van der Waals surface area (Å²) in [7, 11) is 0. The fourth-order valence-corrected chi connectivity index (χ4v) is 3.38. The van der Waals surface area contributed by atoms with Gasteiger partial charge in [-0.15, -0.1) is 11.3 Å². The van der Waals surface area contributed by atoms with Gasteiger partial charge in [0.25, 0.3) is 0 Å². The van der Waals surface area contributed by atoms with Crippen molar-refractivity contribution in [1.29, 1.82) is 0 Å². The molecule has 0 atom stereocenters. The molecule has 0 aromatic carbocycles. The van der Waals surface area contributed by atoms with Crippen LogP contribution in [0.25, 0.3) is 0 Å². The fourth-order valence-electron chi connectivity index (χ4n) is 2.63. The SMILES string of the molecule is CC1CCC(C(=O)Nc2nc(CCCC(=O)O)cs2)CC1. The van der Waals surface area contributed by atoms with Gasteiger partial charge in [0.05, 0.1) is 5.69 Å². The number of thiazole rings is 1. The summed E-state index contributed by atoms with van der Waals surface area (Å²) in [6, 6.07) is 0. The maximum Gasteiger partial charge on any atom is 0.303 e. The van der Waals surface area contributed by atoms with Crippen molar-refractivity contribution in [3.05, 3.63) is 11.1 Å². The zero-order valence-electron chi connectivity index (χ0n) is 12.3. The molecule has 0 spiro atoms. The van der Waals surface area contributed by atoms with Crippen molar-refractivity contribution < 1.29 is 14.7 Å². The molecule has 1 aliphatic rings. The minimum atomic E-state index is -0.787. The van der Waals surface area contributed by atoms with Crippen molar-refractivity contribution in [2.75, 3.05) is 5.32 Å². The molecular formula is C15H22N2O3S. The molecule has 0 bridgehead atoms. The van der Waals surface area contributed by atoms with Crippen LogP contribution in [0.15, 0.2) is 5.38 Å². The Bertz CT molecular complexity index is 493. The van der Waals surface area contributed by atoms with E-state index in [-0.39, 0.29) is 18.2 Å². The van der Waals surface area contributed by atoms with E-state index in [0.717, 1.165) is 37.3 Å². The zero-order chi connectivity index (χ0) is 15.2. The van der Waals surface area contributed by atoms with Crippen LogP contribution in [-0.2, 0) is 16.0 Å². The van der Waals surface area contributed by atoms with E-state index in [1.165, 1.54) is 11.3 Å². The first kappa shape index (κ1) is 15.9. The van der Waals surface area contributed by atoms with Gasteiger partial charge in [-0.3, -0.25) is 9.59 Å². The first-order chi connectivity index (χ1) is 10.0. The summed E-state index contributed by atoms with van der Waals surface area (Å²) in [4.78, 5) is 27.0. The van der Waals surface area contributed by atoms with Gasteiger partial charge in [-0.1, -0.05) is 6.92 Å². The Kier molecular flexibility index (Phi) is 5.73. The summed E-state index contributed by atoms with van der Waals surface area (Å²) >= 11 is 1.41. The lowest BCUT2D eigenvalue weighted by atomic mass is 9.82. The first-order valence-electron chi connectivity index (χ1n) is 7.51. The van der Waals surface area contributed by atoms with Gasteiger partial charge in [0.15, 0.2) is 5.13 Å². The minimum absolute atomic E-state index is 0.0772. The highest BCUT2D eigenvalue weighted by molar-refractivity contribution is 7.13. The lowest BCUT2D eigenvalue weighted by molar-refractivity contribution is -0.137. The number of carbonyl (C=O) groups excluding carboxylic acids is 1. The average Bonchev–Trinajstić information content (AvgIpc) is 2.86. The Hall–Kier alpha value is -1.43. The van der Waals surface area contributed by atoms with Crippen LogP contribution < -0.4 is 5.32 Å². The third kappa shape index (κ3) is 5.12. The van der Waals surface area contributed by atoms with E-state index in [0.29, 0.717) is 18.0 Å². The molecule has 2 rings (SSSR count). The van der Waals surface area contributed by atoms with Crippen molar-refractivity contribution in [2.24, 2.45) is 11.8 Å². The Morgan fingerprint density at radius 2 is 2.10 bits per heavy atom. The number of hydrogen-bond acceptors (Lipinski definition) is 4. The van der Waals surface area contributed by atoms with Gasteiger partial charge in [0, 0.05) is 17.7 Å². The van der Waals surface area contributed by atoms with Gasteiger partial charge < -0.3 is 10.4 Å². The van der Waals surface area contributed by atoms with Crippen molar-refractivity contribution in [1.82, 2.24) is 4.98 Å². The molecule has 0 unspecified atom stereocenters. The summed E-state index contributed by atoms with van der Waals surface area (Å²) in [6.45, 7) is 2.23. The topological polar surface area (TPSA) is 79.3 Å².